The van der Waals surface area contributed by atoms with Crippen molar-refractivity contribution in [3.05, 3.63) is 89.0 Å². The van der Waals surface area contributed by atoms with E-state index in [1.807, 2.05) is 18.2 Å². The number of nitrogens with two attached hydrogens (primary N) is 1. The van der Waals surface area contributed by atoms with Crippen LogP contribution in [-0.4, -0.2) is 5.71 Å². The molecule has 1 aliphatic rings. The smallest absolute Gasteiger partial charge is 0.148 e. The average Bonchev–Trinajstić information content (AvgIpc) is 2.80. The van der Waals surface area contributed by atoms with Crippen LogP contribution in [0.5, 0.6) is 5.75 Å². The minimum absolute atomic E-state index is 0.531. The highest BCUT2D eigenvalue weighted by atomic mass is 16.5. The molecule has 0 saturated carbocycles. The maximum Gasteiger partial charge on any atom is 0.148 e. The summed E-state index contributed by atoms with van der Waals surface area (Å²) in [6.45, 7) is 6.31. The molecule has 27 heavy (non-hydrogen) atoms. The normalized spacial score (nSPS) is 18.9. The van der Waals surface area contributed by atoms with Crippen molar-refractivity contribution in [2.45, 2.75) is 32.8 Å². The van der Waals surface area contributed by atoms with Crippen molar-refractivity contribution in [3.8, 4) is 5.75 Å². The summed E-state index contributed by atoms with van der Waals surface area (Å²) in [6.07, 6.45) is 0.660. The highest BCUT2D eigenvalue weighted by Crippen LogP contribution is 2.43. The summed E-state index contributed by atoms with van der Waals surface area (Å²) >= 11 is 0. The molecular weight excluding hydrogens is 332 g/mol. The van der Waals surface area contributed by atoms with E-state index in [0.717, 1.165) is 22.6 Å². The predicted octanol–water partition coefficient (Wildman–Crippen LogP) is 5.70. The predicted molar refractivity (Wildman–Crippen MR) is 112 cm³/mol. The second-order valence-electron chi connectivity index (χ2n) is 7.49. The van der Waals surface area contributed by atoms with Crippen molar-refractivity contribution < 1.29 is 4.74 Å². The minimum Gasteiger partial charge on any atom is -0.480 e. The Morgan fingerprint density at radius 2 is 1.52 bits per heavy atom. The molecule has 0 fully saturated rings. The van der Waals surface area contributed by atoms with E-state index in [-0.39, 0.29) is 0 Å². The fraction of sp³-hybridized carbons (Fsp3) is 0.208. The Morgan fingerprint density at radius 1 is 0.889 bits per heavy atom. The number of hydrogen-bond acceptors (Lipinski definition) is 3. The average molecular weight is 356 g/mol. The zero-order valence-electron chi connectivity index (χ0n) is 16.0. The standard InChI is InChI=1S/C24H24N2O/c1-16-7-11-18(12-8-16)21-15-24(3,19-13-9-17(2)10-14-19)27-22-6-4-5-20(25)23(22)26-21/h4-14H,15,25H2,1-3H3. The lowest BCUT2D eigenvalue weighted by Gasteiger charge is -2.30. The van der Waals surface area contributed by atoms with Crippen LogP contribution < -0.4 is 10.5 Å². The molecule has 4 rings (SSSR count). The molecule has 3 aromatic carbocycles. The van der Waals surface area contributed by atoms with Crippen molar-refractivity contribution in [1.82, 2.24) is 0 Å². The number of ether oxygens (including phenoxy) is 1. The summed E-state index contributed by atoms with van der Waals surface area (Å²) in [7, 11) is 0. The topological polar surface area (TPSA) is 47.6 Å². The van der Waals surface area contributed by atoms with E-state index < -0.39 is 5.60 Å². The lowest BCUT2D eigenvalue weighted by Crippen LogP contribution is -2.31. The van der Waals surface area contributed by atoms with Crippen molar-refractivity contribution in [1.29, 1.82) is 0 Å². The number of nitrogen functional groups attached to an aromatic ring is 1. The molecule has 0 aliphatic carbocycles. The molecular formula is C24H24N2O. The Hall–Kier alpha value is -3.07. The van der Waals surface area contributed by atoms with Crippen molar-refractivity contribution in [3.63, 3.8) is 0 Å². The molecule has 1 heterocycles. The van der Waals surface area contributed by atoms with Crippen LogP contribution in [0.15, 0.2) is 71.7 Å². The molecule has 1 unspecified atom stereocenters. The maximum atomic E-state index is 6.53. The number of para-hydroxylation sites is 1. The first-order valence-corrected chi connectivity index (χ1v) is 9.24. The Balaban J connectivity index is 1.88. The van der Waals surface area contributed by atoms with Crippen LogP contribution >= 0.6 is 0 Å². The number of anilines is 1. The van der Waals surface area contributed by atoms with Gasteiger partial charge in [-0.05, 0) is 44.0 Å². The summed E-state index contributed by atoms with van der Waals surface area (Å²) in [5, 5.41) is 0. The molecule has 0 bridgehead atoms. The molecule has 0 aromatic heterocycles. The van der Waals surface area contributed by atoms with Gasteiger partial charge in [0.05, 0.1) is 11.4 Å². The quantitative estimate of drug-likeness (QED) is 0.598. The van der Waals surface area contributed by atoms with Gasteiger partial charge in [-0.15, -0.1) is 0 Å². The fourth-order valence-corrected chi connectivity index (χ4v) is 3.49. The summed E-state index contributed by atoms with van der Waals surface area (Å²) in [5.41, 5.74) is 12.7. The summed E-state index contributed by atoms with van der Waals surface area (Å²) in [5.74, 6) is 0.722. The number of aryl methyl sites for hydroxylation is 2. The summed E-state index contributed by atoms with van der Waals surface area (Å²) in [6, 6.07) is 22.7. The van der Waals surface area contributed by atoms with Crippen LogP contribution in [0, 0.1) is 13.8 Å². The van der Waals surface area contributed by atoms with E-state index in [4.69, 9.17) is 15.5 Å². The number of benzene rings is 3. The van der Waals surface area contributed by atoms with Crippen LogP contribution in [0.3, 0.4) is 0 Å². The molecule has 0 saturated heterocycles. The van der Waals surface area contributed by atoms with E-state index in [1.165, 1.54) is 11.1 Å². The van der Waals surface area contributed by atoms with Gasteiger partial charge in [0.25, 0.3) is 0 Å². The van der Waals surface area contributed by atoms with Crippen LogP contribution in [-0.2, 0) is 5.60 Å². The maximum absolute atomic E-state index is 6.53. The molecule has 2 N–H and O–H groups in total. The van der Waals surface area contributed by atoms with Crippen LogP contribution in [0.2, 0.25) is 0 Å². The largest absolute Gasteiger partial charge is 0.480 e. The van der Waals surface area contributed by atoms with Gasteiger partial charge in [-0.2, -0.15) is 0 Å². The lowest BCUT2D eigenvalue weighted by atomic mass is 9.87. The van der Waals surface area contributed by atoms with Crippen molar-refractivity contribution in [2.24, 2.45) is 4.99 Å². The SMILES string of the molecule is Cc1ccc(C2=Nc3c(N)cccc3OC(C)(c3ccc(C)cc3)C2)cc1. The van der Waals surface area contributed by atoms with Gasteiger partial charge < -0.3 is 10.5 Å². The van der Waals surface area contributed by atoms with Crippen LogP contribution in [0.25, 0.3) is 0 Å². The summed E-state index contributed by atoms with van der Waals surface area (Å²) < 4.78 is 6.53. The third kappa shape index (κ3) is 3.33. The molecule has 0 spiro atoms. The minimum atomic E-state index is -0.531. The lowest BCUT2D eigenvalue weighted by molar-refractivity contribution is 0.0980. The molecule has 0 amide bonds. The molecule has 3 aromatic rings. The van der Waals surface area contributed by atoms with E-state index in [9.17, 15) is 0 Å². The van der Waals surface area contributed by atoms with Crippen LogP contribution in [0.4, 0.5) is 11.4 Å². The highest BCUT2D eigenvalue weighted by Gasteiger charge is 2.34. The van der Waals surface area contributed by atoms with Crippen molar-refractivity contribution >= 4 is 17.1 Å². The van der Waals surface area contributed by atoms with E-state index in [2.05, 4.69) is 69.3 Å². The van der Waals surface area contributed by atoms with Gasteiger partial charge in [-0.25, -0.2) is 4.99 Å². The first-order chi connectivity index (χ1) is 12.9. The Morgan fingerprint density at radius 3 is 2.19 bits per heavy atom. The number of fused-ring (bicyclic) bond motifs is 1. The van der Waals surface area contributed by atoms with Gasteiger partial charge in [0.2, 0.25) is 0 Å². The van der Waals surface area contributed by atoms with Crippen LogP contribution in [0.1, 0.15) is 35.6 Å². The Kier molecular flexibility index (Phi) is 4.23. The zero-order valence-corrected chi connectivity index (χ0v) is 16.0. The van der Waals surface area contributed by atoms with Gasteiger partial charge in [-0.3, -0.25) is 0 Å². The number of nitrogens with zero attached hydrogens (tertiary/aromatic N) is 1. The molecule has 1 atom stereocenters. The molecule has 0 radical (unpaired) electrons. The van der Waals surface area contributed by atoms with E-state index in [1.54, 1.807) is 0 Å². The number of hydrogen-bond donors (Lipinski definition) is 1. The van der Waals surface area contributed by atoms with Gasteiger partial charge in [0, 0.05) is 6.42 Å². The Labute approximate surface area is 160 Å². The second kappa shape index (κ2) is 6.58. The van der Waals surface area contributed by atoms with Crippen molar-refractivity contribution in [2.75, 3.05) is 5.73 Å². The molecule has 136 valence electrons. The Bertz CT molecular complexity index is 1000. The summed E-state index contributed by atoms with van der Waals surface area (Å²) in [4.78, 5) is 4.94. The van der Waals surface area contributed by atoms with Gasteiger partial charge in [-0.1, -0.05) is 65.7 Å². The molecule has 3 heteroatoms. The zero-order chi connectivity index (χ0) is 19.0. The van der Waals surface area contributed by atoms with Gasteiger partial charge in [0.1, 0.15) is 17.0 Å². The van der Waals surface area contributed by atoms with Gasteiger partial charge in [0.15, 0.2) is 0 Å². The number of rotatable bonds is 2. The first kappa shape index (κ1) is 17.3. The van der Waals surface area contributed by atoms with Gasteiger partial charge >= 0.3 is 0 Å². The second-order valence-corrected chi connectivity index (χ2v) is 7.49. The molecule has 1 aliphatic heterocycles. The number of aliphatic imine (C=N–C) groups is 1. The van der Waals surface area contributed by atoms with E-state index in [0.29, 0.717) is 17.8 Å². The third-order valence-electron chi connectivity index (χ3n) is 5.16. The highest BCUT2D eigenvalue weighted by molar-refractivity contribution is 6.04. The fourth-order valence-electron chi connectivity index (χ4n) is 3.49. The molecule has 3 nitrogen and oxygen atoms in total. The van der Waals surface area contributed by atoms with E-state index >= 15 is 0 Å². The third-order valence-corrected chi connectivity index (χ3v) is 5.16. The first-order valence-electron chi connectivity index (χ1n) is 9.24. The monoisotopic (exact) mass is 356 g/mol.